The van der Waals surface area contributed by atoms with E-state index >= 15 is 0 Å². The maximum atomic E-state index is 12.7. The molecule has 1 aromatic heterocycles. The lowest BCUT2D eigenvalue weighted by Gasteiger charge is -2.25. The molecule has 7 nitrogen and oxygen atoms in total. The van der Waals surface area contributed by atoms with Gasteiger partial charge in [-0.25, -0.2) is 0 Å². The first-order chi connectivity index (χ1) is 16.7. The fraction of sp³-hybridized carbons (Fsp3) is 0.111. The number of para-hydroxylation sites is 1. The Hall–Kier alpha value is -4.23. The molecule has 0 unspecified atom stereocenters. The number of halogens is 1. The lowest BCUT2D eigenvalue weighted by Crippen LogP contribution is -2.53. The van der Waals surface area contributed by atoms with Crippen LogP contribution in [0.3, 0.4) is 0 Å². The SMILES string of the molecule is CC(C)(Oc1ccc(C(=O)c2ccc(Cl)cc2)cc1)C(=O)NNC(=O)c1cnc2ccccc2c1. The molecule has 3 aromatic carbocycles. The van der Waals surface area contributed by atoms with E-state index in [2.05, 4.69) is 15.8 Å². The van der Waals surface area contributed by atoms with Crippen LogP contribution in [0.15, 0.2) is 85.1 Å². The molecule has 0 aliphatic rings. The highest BCUT2D eigenvalue weighted by atomic mass is 35.5. The fourth-order valence-corrected chi connectivity index (χ4v) is 3.44. The van der Waals surface area contributed by atoms with Crippen LogP contribution in [0.1, 0.15) is 40.1 Å². The van der Waals surface area contributed by atoms with Gasteiger partial charge in [0, 0.05) is 27.7 Å². The van der Waals surface area contributed by atoms with E-state index in [0.717, 1.165) is 10.9 Å². The molecular formula is C27H22ClN3O4. The van der Waals surface area contributed by atoms with Gasteiger partial charge in [-0.05, 0) is 74.5 Å². The first-order valence-corrected chi connectivity index (χ1v) is 11.2. The molecule has 0 radical (unpaired) electrons. The summed E-state index contributed by atoms with van der Waals surface area (Å²) < 4.78 is 5.81. The number of ether oxygens (including phenoxy) is 1. The molecule has 0 fully saturated rings. The highest BCUT2D eigenvalue weighted by Gasteiger charge is 2.30. The summed E-state index contributed by atoms with van der Waals surface area (Å²) in [4.78, 5) is 42.0. The number of carbonyl (C=O) groups excluding carboxylic acids is 3. The third-order valence-corrected chi connectivity index (χ3v) is 5.54. The van der Waals surface area contributed by atoms with E-state index in [9.17, 15) is 14.4 Å². The van der Waals surface area contributed by atoms with Crippen LogP contribution in [0.5, 0.6) is 5.75 Å². The number of aromatic nitrogens is 1. The summed E-state index contributed by atoms with van der Waals surface area (Å²) in [5, 5.41) is 1.36. The van der Waals surface area contributed by atoms with Crippen molar-refractivity contribution >= 4 is 40.1 Å². The van der Waals surface area contributed by atoms with Crippen LogP contribution in [0.25, 0.3) is 10.9 Å². The molecule has 176 valence electrons. The van der Waals surface area contributed by atoms with E-state index in [1.54, 1.807) is 68.4 Å². The molecule has 0 aliphatic carbocycles. The molecule has 0 bridgehead atoms. The zero-order valence-corrected chi connectivity index (χ0v) is 19.8. The van der Waals surface area contributed by atoms with Gasteiger partial charge in [0.2, 0.25) is 0 Å². The normalized spacial score (nSPS) is 11.1. The molecule has 2 N–H and O–H groups in total. The van der Waals surface area contributed by atoms with Gasteiger partial charge in [-0.1, -0.05) is 29.8 Å². The predicted molar refractivity (Wildman–Crippen MR) is 133 cm³/mol. The number of ketones is 1. The lowest BCUT2D eigenvalue weighted by molar-refractivity contribution is -0.135. The number of benzene rings is 3. The van der Waals surface area contributed by atoms with Crippen molar-refractivity contribution in [2.45, 2.75) is 19.4 Å². The molecule has 35 heavy (non-hydrogen) atoms. The number of amides is 2. The standard InChI is InChI=1S/C27H22ClN3O4/c1-27(2,26(34)31-30-25(33)20-15-19-5-3-4-6-23(19)29-16-20)35-22-13-9-18(10-14-22)24(32)17-7-11-21(28)12-8-17/h3-16H,1-2H3,(H,30,33)(H,31,34). The van der Waals surface area contributed by atoms with Gasteiger partial charge in [0.1, 0.15) is 5.75 Å². The maximum Gasteiger partial charge on any atom is 0.281 e. The summed E-state index contributed by atoms with van der Waals surface area (Å²) in [5.74, 6) is -0.822. The molecule has 0 aliphatic heterocycles. The number of hydrogen-bond acceptors (Lipinski definition) is 5. The van der Waals surface area contributed by atoms with Gasteiger partial charge < -0.3 is 4.74 Å². The summed E-state index contributed by atoms with van der Waals surface area (Å²) >= 11 is 5.88. The molecule has 4 aromatic rings. The Morgan fingerprint density at radius 1 is 0.829 bits per heavy atom. The van der Waals surface area contributed by atoms with Gasteiger partial charge in [-0.15, -0.1) is 0 Å². The van der Waals surface area contributed by atoms with Crippen LogP contribution < -0.4 is 15.6 Å². The van der Waals surface area contributed by atoms with Crippen molar-refractivity contribution in [3.05, 3.63) is 107 Å². The van der Waals surface area contributed by atoms with Crippen LogP contribution in [0.4, 0.5) is 0 Å². The average molecular weight is 488 g/mol. The second-order valence-electron chi connectivity index (χ2n) is 8.30. The highest BCUT2D eigenvalue weighted by molar-refractivity contribution is 6.30. The Morgan fingerprint density at radius 3 is 2.14 bits per heavy atom. The van der Waals surface area contributed by atoms with E-state index in [1.807, 2.05) is 24.3 Å². The van der Waals surface area contributed by atoms with Crippen LogP contribution >= 0.6 is 11.6 Å². The van der Waals surface area contributed by atoms with E-state index in [1.165, 1.54) is 6.20 Å². The van der Waals surface area contributed by atoms with E-state index in [-0.39, 0.29) is 5.78 Å². The van der Waals surface area contributed by atoms with Crippen LogP contribution in [-0.2, 0) is 4.79 Å². The largest absolute Gasteiger partial charge is 0.478 e. The van der Waals surface area contributed by atoms with E-state index < -0.39 is 17.4 Å². The minimum atomic E-state index is -1.31. The molecule has 1 heterocycles. The van der Waals surface area contributed by atoms with Crippen LogP contribution in [0.2, 0.25) is 5.02 Å². The van der Waals surface area contributed by atoms with E-state index in [0.29, 0.717) is 27.5 Å². The van der Waals surface area contributed by atoms with Crippen molar-refractivity contribution in [3.8, 4) is 5.75 Å². The summed E-state index contributed by atoms with van der Waals surface area (Å²) in [6.45, 7) is 3.14. The summed E-state index contributed by atoms with van der Waals surface area (Å²) in [6, 6.07) is 22.2. The minimum absolute atomic E-state index is 0.156. The Kier molecular flexibility index (Phi) is 6.80. The van der Waals surface area contributed by atoms with Crippen LogP contribution in [-0.4, -0.2) is 28.2 Å². The summed E-state index contributed by atoms with van der Waals surface area (Å²) in [6.07, 6.45) is 1.44. The number of pyridine rings is 1. The second kappa shape index (κ2) is 9.95. The molecular weight excluding hydrogens is 466 g/mol. The number of fused-ring (bicyclic) bond motifs is 1. The van der Waals surface area contributed by atoms with Gasteiger partial charge in [-0.2, -0.15) is 0 Å². The first kappa shape index (κ1) is 23.9. The Morgan fingerprint density at radius 2 is 1.46 bits per heavy atom. The Balaban J connectivity index is 1.36. The van der Waals surface area contributed by atoms with Crippen molar-refractivity contribution in [1.29, 1.82) is 0 Å². The van der Waals surface area contributed by atoms with E-state index in [4.69, 9.17) is 16.3 Å². The minimum Gasteiger partial charge on any atom is -0.478 e. The topological polar surface area (TPSA) is 97.4 Å². The zero-order valence-electron chi connectivity index (χ0n) is 19.0. The molecule has 2 amide bonds. The molecule has 4 rings (SSSR count). The predicted octanol–water partition coefficient (Wildman–Crippen LogP) is 4.74. The molecule has 0 atom stereocenters. The van der Waals surface area contributed by atoms with Crippen molar-refractivity contribution in [1.82, 2.24) is 15.8 Å². The third-order valence-electron chi connectivity index (χ3n) is 5.28. The number of nitrogens with zero attached hydrogens (tertiary/aromatic N) is 1. The Bertz CT molecular complexity index is 1400. The second-order valence-corrected chi connectivity index (χ2v) is 8.73. The zero-order chi connectivity index (χ0) is 25.0. The smallest absolute Gasteiger partial charge is 0.281 e. The lowest BCUT2D eigenvalue weighted by atomic mass is 10.0. The van der Waals surface area contributed by atoms with Gasteiger partial charge in [0.25, 0.3) is 11.8 Å². The first-order valence-electron chi connectivity index (χ1n) is 10.8. The van der Waals surface area contributed by atoms with Crippen molar-refractivity contribution in [2.75, 3.05) is 0 Å². The fourth-order valence-electron chi connectivity index (χ4n) is 3.31. The van der Waals surface area contributed by atoms with Gasteiger partial charge in [0.05, 0.1) is 11.1 Å². The van der Waals surface area contributed by atoms with Gasteiger partial charge >= 0.3 is 0 Å². The highest BCUT2D eigenvalue weighted by Crippen LogP contribution is 2.21. The number of carbonyl (C=O) groups is 3. The van der Waals surface area contributed by atoms with Crippen molar-refractivity contribution in [3.63, 3.8) is 0 Å². The molecule has 0 saturated heterocycles. The van der Waals surface area contributed by atoms with Gasteiger partial charge in [-0.3, -0.25) is 30.2 Å². The number of hydrogen-bond donors (Lipinski definition) is 2. The van der Waals surface area contributed by atoms with Crippen molar-refractivity contribution in [2.24, 2.45) is 0 Å². The average Bonchev–Trinajstić information content (AvgIpc) is 2.87. The maximum absolute atomic E-state index is 12.7. The number of nitrogens with one attached hydrogen (secondary N) is 2. The molecule has 0 saturated carbocycles. The molecule has 8 heteroatoms. The van der Waals surface area contributed by atoms with Crippen LogP contribution in [0, 0.1) is 0 Å². The van der Waals surface area contributed by atoms with Gasteiger partial charge in [0.15, 0.2) is 11.4 Å². The Labute approximate surface area is 207 Å². The number of rotatable bonds is 6. The van der Waals surface area contributed by atoms with Crippen molar-refractivity contribution < 1.29 is 19.1 Å². The number of hydrazine groups is 1. The monoisotopic (exact) mass is 487 g/mol. The summed E-state index contributed by atoms with van der Waals surface area (Å²) in [5.41, 5.74) is 5.53. The third kappa shape index (κ3) is 5.65. The summed E-state index contributed by atoms with van der Waals surface area (Å²) in [7, 11) is 0. The quantitative estimate of drug-likeness (QED) is 0.302. The molecule has 0 spiro atoms.